The molecule has 0 unspecified atom stereocenters. The lowest BCUT2D eigenvalue weighted by molar-refractivity contribution is 0.00893. The number of likely N-dealkylation sites (tertiary alicyclic amines) is 2. The number of hydrogen-bond donors (Lipinski definition) is 3. The van der Waals surface area contributed by atoms with E-state index in [1.54, 1.807) is 31.2 Å². The number of ether oxygens (including phenoxy) is 1. The van der Waals surface area contributed by atoms with Gasteiger partial charge in [-0.15, -0.1) is 0 Å². The van der Waals surface area contributed by atoms with Gasteiger partial charge in [-0.3, -0.25) is 19.1 Å². The van der Waals surface area contributed by atoms with Gasteiger partial charge >= 0.3 is 12.1 Å². The van der Waals surface area contributed by atoms with Gasteiger partial charge in [0.05, 0.1) is 69.9 Å². The van der Waals surface area contributed by atoms with Crippen molar-refractivity contribution in [2.75, 3.05) is 35.0 Å². The number of sulfonamides is 2. The summed E-state index contributed by atoms with van der Waals surface area (Å²) in [4.78, 5) is 50.8. The van der Waals surface area contributed by atoms with Crippen molar-refractivity contribution in [2.24, 2.45) is 0 Å². The topological polar surface area (TPSA) is 240 Å². The molecule has 0 spiro atoms. The van der Waals surface area contributed by atoms with E-state index < -0.39 is 31.6 Å². The summed E-state index contributed by atoms with van der Waals surface area (Å²) in [7, 11) is -7.00. The Morgan fingerprint density at radius 3 is 1.41 bits per heavy atom. The van der Waals surface area contributed by atoms with Crippen LogP contribution in [0.25, 0.3) is 33.8 Å². The maximum absolute atomic E-state index is 13.9. The molecule has 440 valence electrons. The Bertz CT molecular complexity index is 3920. The molecular weight excluding hydrogens is 1090 g/mol. The summed E-state index contributed by atoms with van der Waals surface area (Å²) < 4.78 is 60.0. The number of hydrogen-bond acceptors (Lipinski definition) is 12. The Hall–Kier alpha value is -8.17. The normalized spacial score (nSPS) is 15.5. The van der Waals surface area contributed by atoms with Gasteiger partial charge in [-0.25, -0.2) is 45.4 Å². The lowest BCUT2D eigenvalue weighted by Crippen LogP contribution is -2.42. The van der Waals surface area contributed by atoms with Crippen LogP contribution < -0.4 is 9.44 Å². The summed E-state index contributed by atoms with van der Waals surface area (Å²) in [6.45, 7) is 18.7. The number of nitrogens with one attached hydrogen (secondary N) is 2. The van der Waals surface area contributed by atoms with Crippen LogP contribution in [0.1, 0.15) is 145 Å². The molecule has 2 amide bonds. The van der Waals surface area contributed by atoms with E-state index in [-0.39, 0.29) is 48.4 Å². The van der Waals surface area contributed by atoms with Crippen molar-refractivity contribution in [1.82, 2.24) is 39.0 Å². The molecule has 2 fully saturated rings. The predicted molar refractivity (Wildman–Crippen MR) is 326 cm³/mol. The minimum absolute atomic E-state index is 0. The first-order valence-electron chi connectivity index (χ1n) is 27.2. The lowest BCUT2D eigenvalue weighted by Gasteiger charge is -2.35. The Balaban J connectivity index is 0.000000193. The van der Waals surface area contributed by atoms with Crippen LogP contribution in [-0.4, -0.2) is 110 Å². The number of aromatic nitrogens is 6. The van der Waals surface area contributed by atoms with E-state index in [0.29, 0.717) is 18.7 Å². The van der Waals surface area contributed by atoms with Crippen LogP contribution in [0.15, 0.2) is 109 Å². The fourth-order valence-electron chi connectivity index (χ4n) is 10.3. The van der Waals surface area contributed by atoms with Gasteiger partial charge in [0.25, 0.3) is 5.91 Å². The Labute approximate surface area is 487 Å². The molecule has 0 saturated carbocycles. The summed E-state index contributed by atoms with van der Waals surface area (Å²) in [5, 5.41) is 18.8. The number of carbonyl (C=O) groups is 3. The maximum Gasteiger partial charge on any atom is 0.410 e. The molecule has 3 N–H and O–H groups in total. The molecule has 4 aromatic heterocycles. The van der Waals surface area contributed by atoms with E-state index in [4.69, 9.17) is 30.0 Å². The molecule has 8 aromatic rings. The highest BCUT2D eigenvalue weighted by molar-refractivity contribution is 7.92. The van der Waals surface area contributed by atoms with Gasteiger partial charge in [0.2, 0.25) is 20.0 Å². The van der Waals surface area contributed by atoms with Gasteiger partial charge in [0.1, 0.15) is 5.60 Å². The molecular formula is C62H76N10O9S2. The molecule has 2 aliphatic rings. The highest BCUT2D eigenvalue weighted by Gasteiger charge is 2.35. The predicted octanol–water partition coefficient (Wildman–Crippen LogP) is 12.2. The average molecular weight is 1170 g/mol. The first kappa shape index (κ1) is 62.4. The Morgan fingerprint density at radius 2 is 0.988 bits per heavy atom. The minimum atomic E-state index is -3.54. The minimum Gasteiger partial charge on any atom is -0.478 e. The number of amides is 2. The largest absolute Gasteiger partial charge is 0.478 e. The molecule has 2 atom stereocenters. The second-order valence-electron chi connectivity index (χ2n) is 22.1. The van der Waals surface area contributed by atoms with E-state index in [1.807, 2.05) is 109 Å². The molecule has 6 heterocycles. The van der Waals surface area contributed by atoms with Crippen LogP contribution in [0, 0.1) is 41.5 Å². The van der Waals surface area contributed by atoms with Crippen molar-refractivity contribution in [1.29, 1.82) is 0 Å². The van der Waals surface area contributed by atoms with E-state index in [9.17, 15) is 31.2 Å². The highest BCUT2D eigenvalue weighted by Crippen LogP contribution is 2.37. The number of carboxylic acid groups (broad SMARTS) is 1. The van der Waals surface area contributed by atoms with Gasteiger partial charge < -0.3 is 14.7 Å². The lowest BCUT2D eigenvalue weighted by atomic mass is 9.97. The van der Waals surface area contributed by atoms with Gasteiger partial charge in [-0.2, -0.15) is 10.2 Å². The number of carbonyl (C=O) groups excluding carboxylic acids is 2. The smallest absolute Gasteiger partial charge is 0.410 e. The number of carboxylic acids is 1. The summed E-state index contributed by atoms with van der Waals surface area (Å²) in [6.07, 6.45) is 7.33. The highest BCUT2D eigenvalue weighted by atomic mass is 32.2. The summed E-state index contributed by atoms with van der Waals surface area (Å²) in [5.74, 6) is -1.37. The van der Waals surface area contributed by atoms with Crippen molar-refractivity contribution in [3.63, 3.8) is 0 Å². The summed E-state index contributed by atoms with van der Waals surface area (Å²) in [5.41, 5.74) is 13.3. The standard InChI is InChI=1S/C28H31N5O3S.C24H30N4O2.C9H11NO4S.CH4/c1-18-13-14-23(31-37(4,35)36)22(16-18)28(34)32-15-9-8-12-25(32)24-17-26-29-20(3)19(2)27(33(26)30-24)21-10-6-5-7-11-21;1-16-17(2)25-21-15-19(26-28(21)22(16)18-11-7-6-8-12-18)20-13-9-10-14-27(20)23(29)30-24(3,4)5;1-6-3-4-8(10-15(2,13)14)7(5-6)9(11)12;/h5-7,10-11,13-14,16-17,25,31H,8-9,12,15H2,1-4H3;6-8,11-12,15,20H,9-10,13-14H2,1-5H3;3-5,10H,1-2H3,(H,11,12);1H4/t25-;20-;;/m00../s1. The third kappa shape index (κ3) is 15.1. The number of benzene rings is 4. The second kappa shape index (κ2) is 25.5. The SMILES string of the molecule is C.Cc1ccc(NS(C)(=O)=O)c(C(=O)N2CCCC[C@H]2c2cc3nc(C)c(C)c(-c4ccccc4)n3n2)c1.Cc1ccc(NS(C)(=O)=O)c(C(=O)O)c1.Cc1nc2cc([C@@H]3CCCCN3C(=O)OC(C)(C)C)nn2c(-c2ccccc2)c1C. The van der Waals surface area contributed by atoms with Crippen molar-refractivity contribution in [3.8, 4) is 22.5 Å². The summed E-state index contributed by atoms with van der Waals surface area (Å²) in [6, 6.07) is 33.7. The van der Waals surface area contributed by atoms with Gasteiger partial charge in [-0.1, -0.05) is 91.3 Å². The number of piperidine rings is 2. The van der Waals surface area contributed by atoms with Gasteiger partial charge in [-0.05, 0) is 136 Å². The van der Waals surface area contributed by atoms with Crippen molar-refractivity contribution >= 4 is 60.7 Å². The fraction of sp³-hybridized carbons (Fsp3) is 0.371. The van der Waals surface area contributed by atoms with Gasteiger partial charge in [0, 0.05) is 47.7 Å². The van der Waals surface area contributed by atoms with Crippen LogP contribution >= 0.6 is 0 Å². The molecule has 2 aliphatic heterocycles. The van der Waals surface area contributed by atoms with Crippen molar-refractivity contribution < 1.29 is 41.1 Å². The monoisotopic (exact) mass is 1170 g/mol. The quantitative estimate of drug-likeness (QED) is 0.116. The summed E-state index contributed by atoms with van der Waals surface area (Å²) >= 11 is 0. The Kier molecular flexibility index (Phi) is 19.2. The zero-order valence-electron chi connectivity index (χ0n) is 48.3. The zero-order valence-corrected chi connectivity index (χ0v) is 49.9. The number of aryl methyl sites for hydroxylation is 4. The molecule has 83 heavy (non-hydrogen) atoms. The second-order valence-corrected chi connectivity index (χ2v) is 25.6. The first-order chi connectivity index (χ1) is 38.7. The van der Waals surface area contributed by atoms with E-state index in [2.05, 4.69) is 47.6 Å². The molecule has 4 aromatic carbocycles. The number of aromatic carboxylic acids is 1. The third-order valence-electron chi connectivity index (χ3n) is 14.3. The average Bonchev–Trinajstić information content (AvgIpc) is 2.79. The first-order valence-corrected chi connectivity index (χ1v) is 31.0. The maximum atomic E-state index is 13.9. The molecule has 19 nitrogen and oxygen atoms in total. The van der Waals surface area contributed by atoms with E-state index in [1.165, 1.54) is 12.1 Å². The van der Waals surface area contributed by atoms with E-state index >= 15 is 0 Å². The molecule has 10 rings (SSSR count). The van der Waals surface area contributed by atoms with Crippen molar-refractivity contribution in [2.45, 2.75) is 126 Å². The van der Waals surface area contributed by atoms with Crippen LogP contribution in [-0.2, 0) is 24.8 Å². The fourth-order valence-corrected chi connectivity index (χ4v) is 11.5. The van der Waals surface area contributed by atoms with E-state index in [0.717, 1.165) is 130 Å². The number of anilines is 2. The molecule has 0 bridgehead atoms. The number of rotatable bonds is 10. The third-order valence-corrected chi connectivity index (χ3v) is 15.5. The molecule has 2 saturated heterocycles. The van der Waals surface area contributed by atoms with Crippen LogP contribution in [0.5, 0.6) is 0 Å². The molecule has 21 heteroatoms. The van der Waals surface area contributed by atoms with Crippen molar-refractivity contribution in [3.05, 3.63) is 165 Å². The zero-order chi connectivity index (χ0) is 59.4. The Morgan fingerprint density at radius 1 is 0.578 bits per heavy atom. The number of nitrogens with zero attached hydrogens (tertiary/aromatic N) is 8. The molecule has 0 aliphatic carbocycles. The van der Waals surface area contributed by atoms with Crippen LogP contribution in [0.4, 0.5) is 16.2 Å². The van der Waals surface area contributed by atoms with Crippen LogP contribution in [0.3, 0.4) is 0 Å². The molecule has 0 radical (unpaired) electrons. The van der Waals surface area contributed by atoms with Gasteiger partial charge in [0.15, 0.2) is 11.3 Å². The van der Waals surface area contributed by atoms with Crippen LogP contribution in [0.2, 0.25) is 0 Å². The number of fused-ring (bicyclic) bond motifs is 2.